The van der Waals surface area contributed by atoms with Gasteiger partial charge in [-0.05, 0) is 17.2 Å². The van der Waals surface area contributed by atoms with Gasteiger partial charge in [-0.2, -0.15) is 18.2 Å². The molecule has 2 heterocycles. The number of nitrogens with one attached hydrogen (secondary N) is 1. The molecule has 2 aromatic heterocycles. The van der Waals surface area contributed by atoms with E-state index < -0.39 is 11.9 Å². The number of nitrogens with zero attached hydrogens (tertiary/aromatic N) is 4. The Hall–Kier alpha value is -2.81. The summed E-state index contributed by atoms with van der Waals surface area (Å²) >= 11 is 5.73. The summed E-state index contributed by atoms with van der Waals surface area (Å²) in [6.07, 6.45) is -2.11. The van der Waals surface area contributed by atoms with E-state index in [9.17, 15) is 13.2 Å². The standard InChI is InChI=1S/C16H14ClF3N6/c1-26-8-12(16(18,19)20)24-14(26)10-4-2-9(3-5-10)6-22-13-11(21)7-23-15(17)25-13/h2-5,7-8H,6,21H2,1H3,(H,22,23,25). The van der Waals surface area contributed by atoms with E-state index in [1.165, 1.54) is 17.8 Å². The molecule has 6 nitrogen and oxygen atoms in total. The van der Waals surface area contributed by atoms with Crippen molar-refractivity contribution in [3.8, 4) is 11.4 Å². The molecule has 0 saturated carbocycles. The fourth-order valence-corrected chi connectivity index (χ4v) is 2.47. The van der Waals surface area contributed by atoms with Crippen molar-refractivity contribution in [2.24, 2.45) is 7.05 Å². The molecule has 0 atom stereocenters. The molecule has 0 radical (unpaired) electrons. The van der Waals surface area contributed by atoms with Crippen LogP contribution < -0.4 is 11.1 Å². The normalized spacial score (nSPS) is 11.6. The lowest BCUT2D eigenvalue weighted by Gasteiger charge is -2.09. The molecule has 0 bridgehead atoms. The van der Waals surface area contributed by atoms with Gasteiger partial charge < -0.3 is 15.6 Å². The number of imidazole rings is 1. The zero-order valence-electron chi connectivity index (χ0n) is 13.5. The van der Waals surface area contributed by atoms with Crippen LogP contribution in [0.2, 0.25) is 5.28 Å². The third-order valence-corrected chi connectivity index (χ3v) is 3.81. The molecule has 136 valence electrons. The third kappa shape index (κ3) is 3.88. The molecule has 3 aromatic rings. The Morgan fingerprint density at radius 2 is 1.88 bits per heavy atom. The number of nitrogen functional groups attached to an aromatic ring is 1. The molecule has 10 heteroatoms. The number of halogens is 4. The maximum absolute atomic E-state index is 12.8. The second-order valence-electron chi connectivity index (χ2n) is 5.55. The molecular formula is C16H14ClF3N6. The second-order valence-corrected chi connectivity index (χ2v) is 5.89. The Labute approximate surface area is 151 Å². The summed E-state index contributed by atoms with van der Waals surface area (Å²) in [4.78, 5) is 11.4. The first kappa shape index (κ1) is 18.0. The van der Waals surface area contributed by atoms with Crippen LogP contribution in [-0.4, -0.2) is 19.5 Å². The number of rotatable bonds is 4. The molecule has 0 aliphatic heterocycles. The van der Waals surface area contributed by atoms with Crippen molar-refractivity contribution in [1.82, 2.24) is 19.5 Å². The number of nitrogens with two attached hydrogens (primary N) is 1. The molecule has 1 aromatic carbocycles. The van der Waals surface area contributed by atoms with Gasteiger partial charge in [0.1, 0.15) is 5.82 Å². The molecule has 0 saturated heterocycles. The van der Waals surface area contributed by atoms with Gasteiger partial charge in [-0.1, -0.05) is 24.3 Å². The number of aromatic nitrogens is 4. The van der Waals surface area contributed by atoms with Gasteiger partial charge in [0.2, 0.25) is 5.28 Å². The molecule has 26 heavy (non-hydrogen) atoms. The Balaban J connectivity index is 1.75. The van der Waals surface area contributed by atoms with Gasteiger partial charge in [-0.15, -0.1) is 0 Å². The first-order valence-electron chi connectivity index (χ1n) is 7.46. The van der Waals surface area contributed by atoms with Crippen LogP contribution >= 0.6 is 11.6 Å². The summed E-state index contributed by atoms with van der Waals surface area (Å²) in [5.41, 5.74) is 6.66. The summed E-state index contributed by atoms with van der Waals surface area (Å²) in [5.74, 6) is 0.650. The van der Waals surface area contributed by atoms with Crippen LogP contribution in [0.1, 0.15) is 11.3 Å². The molecule has 0 aliphatic rings. The van der Waals surface area contributed by atoms with E-state index in [1.807, 2.05) is 0 Å². The lowest BCUT2D eigenvalue weighted by molar-refractivity contribution is -0.140. The molecule has 3 N–H and O–H groups in total. The van der Waals surface area contributed by atoms with Crippen LogP contribution in [0, 0.1) is 0 Å². The Kier molecular flexibility index (Phi) is 4.73. The van der Waals surface area contributed by atoms with Crippen LogP contribution in [-0.2, 0) is 19.8 Å². The number of hydrogen-bond acceptors (Lipinski definition) is 5. The summed E-state index contributed by atoms with van der Waals surface area (Å²) in [6.45, 7) is 0.409. The minimum absolute atomic E-state index is 0.0762. The quantitative estimate of drug-likeness (QED) is 0.672. The lowest BCUT2D eigenvalue weighted by atomic mass is 10.1. The minimum Gasteiger partial charge on any atom is -0.394 e. The van der Waals surface area contributed by atoms with Gasteiger partial charge in [-0.3, -0.25) is 0 Å². The minimum atomic E-state index is -4.47. The number of anilines is 2. The maximum Gasteiger partial charge on any atom is 0.434 e. The van der Waals surface area contributed by atoms with Crippen molar-refractivity contribution in [1.29, 1.82) is 0 Å². The van der Waals surface area contributed by atoms with Gasteiger partial charge >= 0.3 is 6.18 Å². The van der Waals surface area contributed by atoms with E-state index in [-0.39, 0.29) is 11.1 Å². The summed E-state index contributed by atoms with van der Waals surface area (Å²) in [5, 5.41) is 3.11. The number of hydrogen-bond donors (Lipinski definition) is 2. The van der Waals surface area contributed by atoms with Crippen molar-refractivity contribution < 1.29 is 13.2 Å². The Morgan fingerprint density at radius 3 is 2.50 bits per heavy atom. The monoisotopic (exact) mass is 382 g/mol. The zero-order valence-corrected chi connectivity index (χ0v) is 14.3. The van der Waals surface area contributed by atoms with Crippen LogP contribution in [0.4, 0.5) is 24.7 Å². The summed E-state index contributed by atoms with van der Waals surface area (Å²) in [7, 11) is 1.52. The van der Waals surface area contributed by atoms with E-state index in [2.05, 4.69) is 20.3 Å². The average Bonchev–Trinajstić information content (AvgIpc) is 2.98. The van der Waals surface area contributed by atoms with E-state index >= 15 is 0 Å². The highest BCUT2D eigenvalue weighted by atomic mass is 35.5. The molecular weight excluding hydrogens is 369 g/mol. The highest BCUT2D eigenvalue weighted by Gasteiger charge is 2.34. The molecule has 0 amide bonds. The van der Waals surface area contributed by atoms with Crippen molar-refractivity contribution in [3.05, 3.63) is 53.2 Å². The van der Waals surface area contributed by atoms with Crippen LogP contribution in [0.15, 0.2) is 36.7 Å². The smallest absolute Gasteiger partial charge is 0.394 e. The fourth-order valence-electron chi connectivity index (χ4n) is 2.34. The average molecular weight is 383 g/mol. The summed E-state index contributed by atoms with van der Waals surface area (Å²) < 4.78 is 39.7. The largest absolute Gasteiger partial charge is 0.434 e. The van der Waals surface area contributed by atoms with Gasteiger partial charge in [-0.25, -0.2) is 9.97 Å². The second kappa shape index (κ2) is 6.83. The van der Waals surface area contributed by atoms with Crippen LogP contribution in [0.3, 0.4) is 0 Å². The number of aryl methyl sites for hydroxylation is 1. The molecule has 0 unspecified atom stereocenters. The fraction of sp³-hybridized carbons (Fsp3) is 0.188. The third-order valence-electron chi connectivity index (χ3n) is 3.63. The van der Waals surface area contributed by atoms with Gasteiger partial charge in [0.15, 0.2) is 11.5 Å². The summed E-state index contributed by atoms with van der Waals surface area (Å²) in [6, 6.07) is 6.97. The van der Waals surface area contributed by atoms with E-state index in [0.29, 0.717) is 23.6 Å². The van der Waals surface area contributed by atoms with Crippen molar-refractivity contribution in [2.75, 3.05) is 11.1 Å². The van der Waals surface area contributed by atoms with E-state index in [1.54, 1.807) is 24.3 Å². The Bertz CT molecular complexity index is 921. The maximum atomic E-state index is 12.8. The van der Waals surface area contributed by atoms with Crippen molar-refractivity contribution in [2.45, 2.75) is 12.7 Å². The Morgan fingerprint density at radius 1 is 1.19 bits per heavy atom. The first-order valence-corrected chi connectivity index (χ1v) is 7.83. The van der Waals surface area contributed by atoms with Gasteiger partial charge in [0, 0.05) is 25.4 Å². The molecule has 0 fully saturated rings. The molecule has 0 aliphatic carbocycles. The SMILES string of the molecule is Cn1cc(C(F)(F)F)nc1-c1ccc(CNc2nc(Cl)ncc2N)cc1. The van der Waals surface area contributed by atoms with Gasteiger partial charge in [0.05, 0.1) is 11.9 Å². The van der Waals surface area contributed by atoms with E-state index in [4.69, 9.17) is 17.3 Å². The highest BCUT2D eigenvalue weighted by Crippen LogP contribution is 2.30. The lowest BCUT2D eigenvalue weighted by Crippen LogP contribution is -2.05. The topological polar surface area (TPSA) is 81.7 Å². The van der Waals surface area contributed by atoms with Crippen molar-refractivity contribution in [3.63, 3.8) is 0 Å². The number of alkyl halides is 3. The first-order chi connectivity index (χ1) is 12.2. The van der Waals surface area contributed by atoms with Crippen LogP contribution in [0.25, 0.3) is 11.4 Å². The predicted molar refractivity (Wildman–Crippen MR) is 92.4 cm³/mol. The van der Waals surface area contributed by atoms with Gasteiger partial charge in [0.25, 0.3) is 0 Å². The predicted octanol–water partition coefficient (Wildman–Crippen LogP) is 3.74. The van der Waals surface area contributed by atoms with Crippen LogP contribution in [0.5, 0.6) is 0 Å². The van der Waals surface area contributed by atoms with Crippen molar-refractivity contribution >= 4 is 23.1 Å². The molecule has 3 rings (SSSR count). The van der Waals surface area contributed by atoms with E-state index in [0.717, 1.165) is 11.8 Å². The molecule has 0 spiro atoms. The highest BCUT2D eigenvalue weighted by molar-refractivity contribution is 6.28. The number of benzene rings is 1. The zero-order chi connectivity index (χ0) is 18.9.